The van der Waals surface area contributed by atoms with E-state index in [-0.39, 0.29) is 6.10 Å². The third-order valence-electron chi connectivity index (χ3n) is 3.84. The Labute approximate surface area is 116 Å². The monoisotopic (exact) mass is 278 g/mol. The van der Waals surface area contributed by atoms with Gasteiger partial charge in [0, 0.05) is 13.1 Å². The van der Waals surface area contributed by atoms with E-state index in [1.165, 1.54) is 0 Å². The number of fused-ring (bicyclic) bond motifs is 1. The smallest absolute Gasteiger partial charge is 0.223 e. The van der Waals surface area contributed by atoms with E-state index in [9.17, 15) is 5.11 Å². The first kappa shape index (κ1) is 12.6. The molecule has 1 aliphatic heterocycles. The Balaban J connectivity index is 1.87. The predicted octanol–water partition coefficient (Wildman–Crippen LogP) is 1.87. The highest BCUT2D eigenvalue weighted by atomic mass is 32.1. The fraction of sp³-hybridized carbons (Fsp3) is 0.538. The SMILES string of the molecule is CC(O)C1CCN(c2nc(N)nc3sccc23)CC1. The molecule has 3 heterocycles. The number of hydrogen-bond acceptors (Lipinski definition) is 6. The van der Waals surface area contributed by atoms with E-state index in [0.29, 0.717) is 11.9 Å². The van der Waals surface area contributed by atoms with Crippen molar-refractivity contribution in [2.75, 3.05) is 23.7 Å². The van der Waals surface area contributed by atoms with Crippen LogP contribution in [0.5, 0.6) is 0 Å². The van der Waals surface area contributed by atoms with Gasteiger partial charge in [-0.3, -0.25) is 0 Å². The fourth-order valence-corrected chi connectivity index (χ4v) is 3.46. The summed E-state index contributed by atoms with van der Waals surface area (Å²) in [5.41, 5.74) is 5.78. The van der Waals surface area contributed by atoms with Crippen LogP contribution in [0, 0.1) is 5.92 Å². The maximum Gasteiger partial charge on any atom is 0.223 e. The van der Waals surface area contributed by atoms with E-state index in [1.807, 2.05) is 12.3 Å². The van der Waals surface area contributed by atoms with Crippen LogP contribution in [-0.2, 0) is 0 Å². The molecule has 0 aromatic carbocycles. The van der Waals surface area contributed by atoms with Crippen LogP contribution >= 0.6 is 11.3 Å². The summed E-state index contributed by atoms with van der Waals surface area (Å²) in [6.07, 6.45) is 1.76. The molecule has 1 atom stereocenters. The summed E-state index contributed by atoms with van der Waals surface area (Å²) in [6, 6.07) is 2.05. The number of thiophene rings is 1. The molecule has 19 heavy (non-hydrogen) atoms. The van der Waals surface area contributed by atoms with Crippen molar-refractivity contribution >= 4 is 33.3 Å². The number of piperidine rings is 1. The van der Waals surface area contributed by atoms with Gasteiger partial charge in [0.1, 0.15) is 10.6 Å². The van der Waals surface area contributed by atoms with Crippen molar-refractivity contribution in [3.63, 3.8) is 0 Å². The van der Waals surface area contributed by atoms with Gasteiger partial charge in [-0.2, -0.15) is 4.98 Å². The molecule has 3 rings (SSSR count). The van der Waals surface area contributed by atoms with E-state index in [2.05, 4.69) is 20.9 Å². The van der Waals surface area contributed by atoms with Gasteiger partial charge in [-0.1, -0.05) is 0 Å². The van der Waals surface area contributed by atoms with Crippen LogP contribution in [-0.4, -0.2) is 34.3 Å². The van der Waals surface area contributed by atoms with Crippen LogP contribution in [0.25, 0.3) is 10.2 Å². The molecule has 5 nitrogen and oxygen atoms in total. The molecule has 0 radical (unpaired) electrons. The summed E-state index contributed by atoms with van der Waals surface area (Å²) < 4.78 is 0. The van der Waals surface area contributed by atoms with Crippen LogP contribution in [0.4, 0.5) is 11.8 Å². The average Bonchev–Trinajstić information content (AvgIpc) is 2.85. The van der Waals surface area contributed by atoms with Crippen molar-refractivity contribution in [1.29, 1.82) is 0 Å². The summed E-state index contributed by atoms with van der Waals surface area (Å²) in [5, 5.41) is 12.8. The van der Waals surface area contributed by atoms with Gasteiger partial charge in [0.15, 0.2) is 0 Å². The molecule has 1 unspecified atom stereocenters. The normalized spacial score (nSPS) is 18.9. The first-order valence-corrected chi connectivity index (χ1v) is 7.47. The van der Waals surface area contributed by atoms with E-state index in [4.69, 9.17) is 5.73 Å². The molecule has 1 aliphatic rings. The molecule has 0 saturated carbocycles. The Hall–Kier alpha value is -1.40. The summed E-state index contributed by atoms with van der Waals surface area (Å²) >= 11 is 1.59. The lowest BCUT2D eigenvalue weighted by molar-refractivity contribution is 0.110. The van der Waals surface area contributed by atoms with Gasteiger partial charge < -0.3 is 15.7 Å². The third-order valence-corrected chi connectivity index (χ3v) is 4.65. The minimum absolute atomic E-state index is 0.223. The van der Waals surface area contributed by atoms with Crippen molar-refractivity contribution in [3.05, 3.63) is 11.4 Å². The van der Waals surface area contributed by atoms with Crippen molar-refractivity contribution in [2.45, 2.75) is 25.9 Å². The molecule has 2 aromatic heterocycles. The zero-order valence-corrected chi connectivity index (χ0v) is 11.7. The number of anilines is 2. The number of aromatic nitrogens is 2. The molecule has 6 heteroatoms. The third kappa shape index (κ3) is 2.37. The molecule has 0 spiro atoms. The van der Waals surface area contributed by atoms with Crippen molar-refractivity contribution in [1.82, 2.24) is 9.97 Å². The van der Waals surface area contributed by atoms with Gasteiger partial charge in [-0.05, 0) is 37.1 Å². The molecule has 2 aromatic rings. The number of nitrogens with zero attached hydrogens (tertiary/aromatic N) is 3. The van der Waals surface area contributed by atoms with E-state index in [0.717, 1.165) is 42.0 Å². The molecular formula is C13H18N4OS. The first-order chi connectivity index (χ1) is 9.15. The average molecular weight is 278 g/mol. The Morgan fingerprint density at radius 3 is 2.84 bits per heavy atom. The summed E-state index contributed by atoms with van der Waals surface area (Å²) in [6.45, 7) is 3.70. The molecule has 0 amide bonds. The predicted molar refractivity (Wildman–Crippen MR) is 78.4 cm³/mol. The van der Waals surface area contributed by atoms with Crippen LogP contribution in [0.1, 0.15) is 19.8 Å². The van der Waals surface area contributed by atoms with Crippen LogP contribution in [0.2, 0.25) is 0 Å². The van der Waals surface area contributed by atoms with Crippen LogP contribution < -0.4 is 10.6 Å². The standard InChI is InChI=1S/C13H18N4OS/c1-8(18)9-2-5-17(6-3-9)11-10-4-7-19-12(10)16-13(14)15-11/h4,7-9,18H,2-3,5-6H2,1H3,(H2,14,15,16). The molecule has 1 saturated heterocycles. The van der Waals surface area contributed by atoms with Crippen molar-refractivity contribution < 1.29 is 5.11 Å². The highest BCUT2D eigenvalue weighted by molar-refractivity contribution is 7.16. The van der Waals surface area contributed by atoms with Gasteiger partial charge in [0.25, 0.3) is 0 Å². The minimum atomic E-state index is -0.223. The lowest BCUT2D eigenvalue weighted by Crippen LogP contribution is -2.37. The van der Waals surface area contributed by atoms with Gasteiger partial charge in [-0.25, -0.2) is 4.98 Å². The Morgan fingerprint density at radius 2 is 2.16 bits per heavy atom. The van der Waals surface area contributed by atoms with Gasteiger partial charge in [0.2, 0.25) is 5.95 Å². The van der Waals surface area contributed by atoms with Gasteiger partial charge in [0.05, 0.1) is 11.5 Å². The fourth-order valence-electron chi connectivity index (χ4n) is 2.69. The molecule has 1 fully saturated rings. The highest BCUT2D eigenvalue weighted by Gasteiger charge is 2.24. The van der Waals surface area contributed by atoms with E-state index < -0.39 is 0 Å². The molecule has 0 bridgehead atoms. The number of aliphatic hydroxyl groups is 1. The second-order valence-corrected chi connectivity index (χ2v) is 6.00. The maximum atomic E-state index is 9.65. The van der Waals surface area contributed by atoms with Crippen molar-refractivity contribution in [3.8, 4) is 0 Å². The van der Waals surface area contributed by atoms with Gasteiger partial charge >= 0.3 is 0 Å². The molecule has 102 valence electrons. The Bertz CT molecular complexity index is 575. The first-order valence-electron chi connectivity index (χ1n) is 6.59. The zero-order valence-electron chi connectivity index (χ0n) is 10.9. The number of hydrogen-bond donors (Lipinski definition) is 2. The number of nitrogens with two attached hydrogens (primary N) is 1. The quantitative estimate of drug-likeness (QED) is 0.877. The van der Waals surface area contributed by atoms with Gasteiger partial charge in [-0.15, -0.1) is 11.3 Å². The number of aliphatic hydroxyl groups excluding tert-OH is 1. The Morgan fingerprint density at radius 1 is 1.42 bits per heavy atom. The molecule has 0 aliphatic carbocycles. The van der Waals surface area contributed by atoms with E-state index >= 15 is 0 Å². The zero-order chi connectivity index (χ0) is 13.4. The summed E-state index contributed by atoms with van der Waals surface area (Å²) in [4.78, 5) is 11.9. The topological polar surface area (TPSA) is 75.3 Å². The lowest BCUT2D eigenvalue weighted by Gasteiger charge is -2.34. The second kappa shape index (κ2) is 4.94. The highest BCUT2D eigenvalue weighted by Crippen LogP contribution is 2.31. The lowest BCUT2D eigenvalue weighted by atomic mass is 9.92. The van der Waals surface area contributed by atoms with Crippen molar-refractivity contribution in [2.24, 2.45) is 5.92 Å². The largest absolute Gasteiger partial charge is 0.393 e. The van der Waals surface area contributed by atoms with E-state index in [1.54, 1.807) is 11.3 Å². The van der Waals surface area contributed by atoms with Crippen LogP contribution in [0.15, 0.2) is 11.4 Å². The molecule has 3 N–H and O–H groups in total. The summed E-state index contributed by atoms with van der Waals surface area (Å²) in [5.74, 6) is 1.67. The second-order valence-electron chi connectivity index (χ2n) is 5.11. The number of nitrogen functional groups attached to an aromatic ring is 1. The van der Waals surface area contributed by atoms with Crippen LogP contribution in [0.3, 0.4) is 0 Å². The minimum Gasteiger partial charge on any atom is -0.393 e. The Kier molecular flexibility index (Phi) is 3.28. The molecular weight excluding hydrogens is 260 g/mol. The maximum absolute atomic E-state index is 9.65. The summed E-state index contributed by atoms with van der Waals surface area (Å²) in [7, 11) is 0. The number of rotatable bonds is 2.